The van der Waals surface area contributed by atoms with Gasteiger partial charge in [-0.2, -0.15) is 0 Å². The molecule has 0 radical (unpaired) electrons. The van der Waals surface area contributed by atoms with Crippen molar-refractivity contribution in [2.75, 3.05) is 13.2 Å². The van der Waals surface area contributed by atoms with Crippen molar-refractivity contribution in [2.45, 2.75) is 45.0 Å². The van der Waals surface area contributed by atoms with E-state index in [0.29, 0.717) is 12.0 Å². The lowest BCUT2D eigenvalue weighted by Gasteiger charge is -2.24. The second kappa shape index (κ2) is 2.94. The maximum absolute atomic E-state index is 8.93. The fourth-order valence-corrected chi connectivity index (χ4v) is 2.37. The molecular weight excluding hydrogens is 168 g/mol. The molecule has 0 aromatic rings. The Bertz CT molecular complexity index is 202. The smallest absolute Gasteiger partial charge is 0.169 e. The average Bonchev–Trinajstić information content (AvgIpc) is 2.57. The van der Waals surface area contributed by atoms with Gasteiger partial charge in [-0.15, -0.1) is 0 Å². The fraction of sp³-hybridized carbons (Fsp3) is 1.00. The van der Waals surface area contributed by atoms with E-state index in [1.165, 1.54) is 0 Å². The predicted molar refractivity (Wildman–Crippen MR) is 48.3 cm³/mol. The van der Waals surface area contributed by atoms with Crippen LogP contribution in [0.5, 0.6) is 0 Å². The summed E-state index contributed by atoms with van der Waals surface area (Å²) in [5.41, 5.74) is 0.324. The van der Waals surface area contributed by atoms with Crippen LogP contribution in [0.4, 0.5) is 0 Å². The average molecular weight is 186 g/mol. The van der Waals surface area contributed by atoms with E-state index in [2.05, 4.69) is 13.8 Å². The van der Waals surface area contributed by atoms with Gasteiger partial charge in [-0.05, 0) is 11.8 Å². The van der Waals surface area contributed by atoms with Crippen LogP contribution in [-0.4, -0.2) is 30.2 Å². The lowest BCUT2D eigenvalue weighted by atomic mass is 9.91. The molecule has 0 aromatic heterocycles. The van der Waals surface area contributed by atoms with Crippen LogP contribution in [0.3, 0.4) is 0 Å². The Kier molecular flexibility index (Phi) is 2.13. The second-order valence-electron chi connectivity index (χ2n) is 4.99. The molecule has 1 heterocycles. The molecule has 2 aliphatic rings. The molecular formula is C10H18O3. The Morgan fingerprint density at radius 1 is 1.38 bits per heavy atom. The summed E-state index contributed by atoms with van der Waals surface area (Å²) in [5, 5.41) is 8.93. The van der Waals surface area contributed by atoms with Crippen molar-refractivity contribution in [3.63, 3.8) is 0 Å². The highest BCUT2D eigenvalue weighted by Gasteiger charge is 2.49. The maximum atomic E-state index is 8.93. The van der Waals surface area contributed by atoms with Gasteiger partial charge in [-0.1, -0.05) is 13.8 Å². The Morgan fingerprint density at radius 3 is 2.62 bits per heavy atom. The van der Waals surface area contributed by atoms with Crippen molar-refractivity contribution < 1.29 is 14.6 Å². The minimum atomic E-state index is -0.364. The minimum Gasteiger partial charge on any atom is -0.394 e. The highest BCUT2D eigenvalue weighted by molar-refractivity contribution is 4.92. The van der Waals surface area contributed by atoms with E-state index < -0.39 is 0 Å². The van der Waals surface area contributed by atoms with Gasteiger partial charge in [0.2, 0.25) is 0 Å². The minimum absolute atomic E-state index is 0.0716. The molecule has 1 aliphatic heterocycles. The van der Waals surface area contributed by atoms with Crippen molar-refractivity contribution in [3.8, 4) is 0 Å². The molecule has 1 spiro atoms. The third kappa shape index (κ3) is 1.73. The molecule has 3 heteroatoms. The predicted octanol–water partition coefficient (Wildman–Crippen LogP) is 1.30. The lowest BCUT2D eigenvalue weighted by Crippen LogP contribution is -2.29. The van der Waals surface area contributed by atoms with Crippen molar-refractivity contribution in [3.05, 3.63) is 0 Å². The van der Waals surface area contributed by atoms with Crippen LogP contribution in [-0.2, 0) is 9.47 Å². The number of rotatable bonds is 1. The van der Waals surface area contributed by atoms with Crippen LogP contribution in [0.25, 0.3) is 0 Å². The molecule has 1 aliphatic carbocycles. The van der Waals surface area contributed by atoms with Crippen molar-refractivity contribution in [1.29, 1.82) is 0 Å². The van der Waals surface area contributed by atoms with Gasteiger partial charge in [-0.25, -0.2) is 0 Å². The highest BCUT2D eigenvalue weighted by atomic mass is 16.7. The zero-order valence-electron chi connectivity index (χ0n) is 8.38. The van der Waals surface area contributed by atoms with Gasteiger partial charge in [-0.3, -0.25) is 0 Å². The fourth-order valence-electron chi connectivity index (χ4n) is 2.37. The number of ether oxygens (including phenoxy) is 2. The van der Waals surface area contributed by atoms with Crippen molar-refractivity contribution in [2.24, 2.45) is 5.41 Å². The summed E-state index contributed by atoms with van der Waals surface area (Å²) in [6, 6.07) is 0. The summed E-state index contributed by atoms with van der Waals surface area (Å²) in [6.07, 6.45) is 2.96. The van der Waals surface area contributed by atoms with Gasteiger partial charge >= 0.3 is 0 Å². The van der Waals surface area contributed by atoms with Gasteiger partial charge in [0, 0.05) is 12.8 Å². The van der Waals surface area contributed by atoms with Gasteiger partial charge in [0.05, 0.1) is 13.2 Å². The second-order valence-corrected chi connectivity index (χ2v) is 4.99. The lowest BCUT2D eigenvalue weighted by molar-refractivity contribution is -0.170. The standard InChI is InChI=1S/C10H18O3/c1-9(2)3-4-10(7-9)12-6-8(5-11)13-10/h8,11H,3-7H2,1-2H3. The molecule has 1 N–H and O–H groups in total. The number of hydrogen-bond donors (Lipinski definition) is 1. The first-order chi connectivity index (χ1) is 6.05. The molecule has 0 aromatic carbocycles. The maximum Gasteiger partial charge on any atom is 0.169 e. The monoisotopic (exact) mass is 186 g/mol. The highest BCUT2D eigenvalue weighted by Crippen LogP contribution is 2.48. The molecule has 2 atom stereocenters. The molecule has 0 bridgehead atoms. The molecule has 1 saturated carbocycles. The van der Waals surface area contributed by atoms with Crippen LogP contribution in [0, 0.1) is 5.41 Å². The summed E-state index contributed by atoms with van der Waals surface area (Å²) < 4.78 is 11.4. The van der Waals surface area contributed by atoms with Crippen LogP contribution >= 0.6 is 0 Å². The van der Waals surface area contributed by atoms with E-state index >= 15 is 0 Å². The Morgan fingerprint density at radius 2 is 2.15 bits per heavy atom. The van der Waals surface area contributed by atoms with Crippen LogP contribution < -0.4 is 0 Å². The number of aliphatic hydroxyl groups excluding tert-OH is 1. The topological polar surface area (TPSA) is 38.7 Å². The zero-order valence-corrected chi connectivity index (χ0v) is 8.38. The van der Waals surface area contributed by atoms with E-state index in [0.717, 1.165) is 19.3 Å². The molecule has 76 valence electrons. The first-order valence-electron chi connectivity index (χ1n) is 4.98. The zero-order chi connectivity index (χ0) is 9.53. The quantitative estimate of drug-likeness (QED) is 0.671. The first kappa shape index (κ1) is 9.44. The third-order valence-corrected chi connectivity index (χ3v) is 3.05. The molecule has 0 amide bonds. The molecule has 3 nitrogen and oxygen atoms in total. The van der Waals surface area contributed by atoms with E-state index in [4.69, 9.17) is 14.6 Å². The van der Waals surface area contributed by atoms with E-state index in [1.807, 2.05) is 0 Å². The van der Waals surface area contributed by atoms with E-state index in [1.54, 1.807) is 0 Å². The van der Waals surface area contributed by atoms with Gasteiger partial charge in [0.25, 0.3) is 0 Å². The Labute approximate surface area is 79.0 Å². The molecule has 1 saturated heterocycles. The SMILES string of the molecule is CC1(C)CCC2(C1)OCC(CO)O2. The van der Waals surface area contributed by atoms with Gasteiger partial charge < -0.3 is 14.6 Å². The summed E-state index contributed by atoms with van der Waals surface area (Å²) in [4.78, 5) is 0. The Balaban J connectivity index is 2.01. The van der Waals surface area contributed by atoms with Crippen molar-refractivity contribution >= 4 is 0 Å². The third-order valence-electron chi connectivity index (χ3n) is 3.05. The summed E-state index contributed by atoms with van der Waals surface area (Å²) in [7, 11) is 0. The number of aliphatic hydroxyl groups is 1. The molecule has 13 heavy (non-hydrogen) atoms. The summed E-state index contributed by atoms with van der Waals surface area (Å²) in [6.45, 7) is 5.09. The molecule has 2 unspecified atom stereocenters. The van der Waals surface area contributed by atoms with Gasteiger partial charge in [0.15, 0.2) is 5.79 Å². The molecule has 2 fully saturated rings. The number of hydrogen-bond acceptors (Lipinski definition) is 3. The van der Waals surface area contributed by atoms with Crippen LogP contribution in [0.1, 0.15) is 33.1 Å². The van der Waals surface area contributed by atoms with E-state index in [-0.39, 0.29) is 18.5 Å². The Hall–Kier alpha value is -0.120. The van der Waals surface area contributed by atoms with Crippen LogP contribution in [0.15, 0.2) is 0 Å². The largest absolute Gasteiger partial charge is 0.394 e. The van der Waals surface area contributed by atoms with Crippen LogP contribution in [0.2, 0.25) is 0 Å². The normalized spacial score (nSPS) is 43.2. The van der Waals surface area contributed by atoms with Crippen molar-refractivity contribution in [1.82, 2.24) is 0 Å². The summed E-state index contributed by atoms with van der Waals surface area (Å²) >= 11 is 0. The summed E-state index contributed by atoms with van der Waals surface area (Å²) in [5.74, 6) is -0.364. The van der Waals surface area contributed by atoms with E-state index in [9.17, 15) is 0 Å². The van der Waals surface area contributed by atoms with Gasteiger partial charge in [0.1, 0.15) is 6.10 Å². The first-order valence-corrected chi connectivity index (χ1v) is 4.98. The molecule has 2 rings (SSSR count).